The van der Waals surface area contributed by atoms with Gasteiger partial charge in [-0.3, -0.25) is 14.5 Å². The lowest BCUT2D eigenvalue weighted by atomic mass is 9.90. The summed E-state index contributed by atoms with van der Waals surface area (Å²) in [7, 11) is 0. The molecule has 2 aromatic heterocycles. The van der Waals surface area contributed by atoms with Crippen LogP contribution in [0.25, 0.3) is 11.4 Å². The minimum Gasteiger partial charge on any atom is -0.350 e. The van der Waals surface area contributed by atoms with Gasteiger partial charge in [-0.05, 0) is 42.2 Å². The summed E-state index contributed by atoms with van der Waals surface area (Å²) in [4.78, 5) is 17.9. The lowest BCUT2D eigenvalue weighted by Crippen LogP contribution is -2.29. The molecule has 0 spiro atoms. The lowest BCUT2D eigenvalue weighted by Gasteiger charge is -2.17. The van der Waals surface area contributed by atoms with Crippen molar-refractivity contribution in [2.45, 2.75) is 44.2 Å². The van der Waals surface area contributed by atoms with E-state index in [0.717, 1.165) is 41.1 Å². The minimum absolute atomic E-state index is 0.0257. The number of nitrogens with one attached hydrogen (secondary N) is 1. The van der Waals surface area contributed by atoms with Gasteiger partial charge in [-0.2, -0.15) is 5.10 Å². The monoisotopic (exact) mass is 436 g/mol. The molecule has 0 radical (unpaired) electrons. The number of nitrogens with zero attached hydrogens (tertiary/aromatic N) is 3. The zero-order chi connectivity index (χ0) is 22.5. The Morgan fingerprint density at radius 1 is 0.909 bits per heavy atom. The second-order valence-corrected chi connectivity index (χ2v) is 8.59. The summed E-state index contributed by atoms with van der Waals surface area (Å²) >= 11 is 0. The van der Waals surface area contributed by atoms with Gasteiger partial charge in [0.05, 0.1) is 35.6 Å². The van der Waals surface area contributed by atoms with Crippen LogP contribution in [0.2, 0.25) is 0 Å². The lowest BCUT2D eigenvalue weighted by molar-refractivity contribution is -0.121. The second-order valence-electron chi connectivity index (χ2n) is 8.59. The zero-order valence-electron chi connectivity index (χ0n) is 18.6. The quantitative estimate of drug-likeness (QED) is 0.416. The van der Waals surface area contributed by atoms with Gasteiger partial charge in [-0.1, -0.05) is 79.6 Å². The Kier molecular flexibility index (Phi) is 6.29. The maximum Gasteiger partial charge on any atom is 0.232 e. The van der Waals surface area contributed by atoms with Crippen molar-refractivity contribution in [1.29, 1.82) is 0 Å². The molecule has 1 aliphatic rings. The third-order valence-electron chi connectivity index (χ3n) is 6.36. The first kappa shape index (κ1) is 21.1. The third-order valence-corrected chi connectivity index (χ3v) is 6.36. The van der Waals surface area contributed by atoms with E-state index >= 15 is 0 Å². The summed E-state index contributed by atoms with van der Waals surface area (Å²) in [6.45, 7) is 0.383. The van der Waals surface area contributed by atoms with Crippen molar-refractivity contribution in [2.24, 2.45) is 0 Å². The number of rotatable bonds is 7. The Labute approximate surface area is 194 Å². The van der Waals surface area contributed by atoms with Crippen molar-refractivity contribution in [2.75, 3.05) is 0 Å². The number of pyridine rings is 1. The molecule has 2 heterocycles. The first-order chi connectivity index (χ1) is 16.3. The predicted octanol–water partition coefficient (Wildman–Crippen LogP) is 5.51. The molecule has 0 atom stereocenters. The van der Waals surface area contributed by atoms with Crippen LogP contribution in [0.4, 0.5) is 0 Å². The van der Waals surface area contributed by atoms with E-state index in [1.807, 2.05) is 85.1 Å². The number of amides is 1. The van der Waals surface area contributed by atoms with E-state index in [0.29, 0.717) is 12.6 Å². The number of benzene rings is 2. The van der Waals surface area contributed by atoms with E-state index < -0.39 is 0 Å². The molecule has 0 saturated heterocycles. The number of carbonyl (C=O) groups is 1. The molecule has 1 amide bonds. The molecule has 1 fully saturated rings. The van der Waals surface area contributed by atoms with Gasteiger partial charge in [-0.25, -0.2) is 0 Å². The molecule has 2 aromatic carbocycles. The average molecular weight is 437 g/mol. The molecule has 1 saturated carbocycles. The molecule has 1 aliphatic carbocycles. The molecule has 4 aromatic rings. The van der Waals surface area contributed by atoms with Gasteiger partial charge in [0, 0.05) is 6.20 Å². The van der Waals surface area contributed by atoms with Gasteiger partial charge in [0.25, 0.3) is 0 Å². The van der Waals surface area contributed by atoms with Gasteiger partial charge in [-0.15, -0.1) is 0 Å². The van der Waals surface area contributed by atoms with Gasteiger partial charge in [0.2, 0.25) is 5.91 Å². The molecule has 5 heteroatoms. The molecule has 5 rings (SSSR count). The number of hydrogen-bond donors (Lipinski definition) is 1. The largest absolute Gasteiger partial charge is 0.350 e. The SMILES string of the molecule is O=C(NCc1cc(-c2ccccn2)n(C2CCCC2)n1)C(c1ccccc1)c1ccccc1. The Morgan fingerprint density at radius 2 is 1.55 bits per heavy atom. The second kappa shape index (κ2) is 9.82. The van der Waals surface area contributed by atoms with Crippen LogP contribution in [0.3, 0.4) is 0 Å². The summed E-state index contributed by atoms with van der Waals surface area (Å²) in [6, 6.07) is 28.3. The molecular weight excluding hydrogens is 408 g/mol. The van der Waals surface area contributed by atoms with E-state index in [4.69, 9.17) is 5.10 Å². The van der Waals surface area contributed by atoms with Crippen LogP contribution < -0.4 is 5.32 Å². The van der Waals surface area contributed by atoms with E-state index in [9.17, 15) is 4.79 Å². The maximum atomic E-state index is 13.4. The minimum atomic E-state index is -0.362. The highest BCUT2D eigenvalue weighted by molar-refractivity contribution is 5.87. The van der Waals surface area contributed by atoms with Gasteiger partial charge in [0.15, 0.2) is 0 Å². The average Bonchev–Trinajstić information content (AvgIpc) is 3.55. The Bertz CT molecular complexity index is 1140. The maximum absolute atomic E-state index is 13.4. The number of carbonyl (C=O) groups excluding carboxylic acids is 1. The number of hydrogen-bond acceptors (Lipinski definition) is 3. The van der Waals surface area contributed by atoms with Crippen LogP contribution in [-0.2, 0) is 11.3 Å². The standard InChI is InChI=1S/C28H28N4O/c33-28(27(21-11-3-1-4-12-21)22-13-5-2-6-14-22)30-20-23-19-26(25-17-9-10-18-29-25)32(31-23)24-15-7-8-16-24/h1-6,9-14,17-19,24,27H,7-8,15-16,20H2,(H,30,33). The van der Waals surface area contributed by atoms with Crippen molar-refractivity contribution in [3.63, 3.8) is 0 Å². The first-order valence-corrected chi connectivity index (χ1v) is 11.7. The van der Waals surface area contributed by atoms with Gasteiger partial charge >= 0.3 is 0 Å². The normalized spacial score (nSPS) is 14.0. The molecule has 1 N–H and O–H groups in total. The topological polar surface area (TPSA) is 59.8 Å². The van der Waals surface area contributed by atoms with Crippen LogP contribution in [-0.4, -0.2) is 20.7 Å². The highest BCUT2D eigenvalue weighted by atomic mass is 16.1. The van der Waals surface area contributed by atoms with E-state index in [1.54, 1.807) is 0 Å². The highest BCUT2D eigenvalue weighted by Crippen LogP contribution is 2.33. The fraction of sp³-hybridized carbons (Fsp3) is 0.250. The zero-order valence-corrected chi connectivity index (χ0v) is 18.6. The summed E-state index contributed by atoms with van der Waals surface area (Å²) in [5.74, 6) is -0.387. The summed E-state index contributed by atoms with van der Waals surface area (Å²) < 4.78 is 2.13. The van der Waals surface area contributed by atoms with Crippen molar-refractivity contribution >= 4 is 5.91 Å². The molecule has 166 valence electrons. The Hall–Kier alpha value is -3.73. The van der Waals surface area contributed by atoms with E-state index in [2.05, 4.69) is 21.0 Å². The Morgan fingerprint density at radius 3 is 2.15 bits per heavy atom. The summed E-state index contributed by atoms with van der Waals surface area (Å²) in [5, 5.41) is 8.05. The van der Waals surface area contributed by atoms with E-state index in [-0.39, 0.29) is 11.8 Å². The van der Waals surface area contributed by atoms with E-state index in [1.165, 1.54) is 12.8 Å². The third kappa shape index (κ3) is 4.72. The van der Waals surface area contributed by atoms with Gasteiger partial charge in [0.1, 0.15) is 0 Å². The van der Waals surface area contributed by atoms with Crippen molar-refractivity contribution in [3.8, 4) is 11.4 Å². The van der Waals surface area contributed by atoms with Crippen molar-refractivity contribution in [1.82, 2.24) is 20.1 Å². The Balaban J connectivity index is 1.39. The fourth-order valence-electron chi connectivity index (χ4n) is 4.73. The smallest absolute Gasteiger partial charge is 0.232 e. The van der Waals surface area contributed by atoms with Crippen LogP contribution >= 0.6 is 0 Å². The predicted molar refractivity (Wildman–Crippen MR) is 130 cm³/mol. The first-order valence-electron chi connectivity index (χ1n) is 11.7. The molecule has 33 heavy (non-hydrogen) atoms. The van der Waals surface area contributed by atoms with Crippen LogP contribution in [0, 0.1) is 0 Å². The number of aromatic nitrogens is 3. The van der Waals surface area contributed by atoms with Crippen LogP contribution in [0.1, 0.15) is 54.5 Å². The van der Waals surface area contributed by atoms with Crippen LogP contribution in [0.5, 0.6) is 0 Å². The van der Waals surface area contributed by atoms with Gasteiger partial charge < -0.3 is 5.32 Å². The molecule has 0 bridgehead atoms. The molecule has 5 nitrogen and oxygen atoms in total. The fourth-order valence-corrected chi connectivity index (χ4v) is 4.73. The van der Waals surface area contributed by atoms with Crippen molar-refractivity contribution in [3.05, 3.63) is 108 Å². The van der Waals surface area contributed by atoms with Crippen molar-refractivity contribution < 1.29 is 4.79 Å². The highest BCUT2D eigenvalue weighted by Gasteiger charge is 2.25. The molecule has 0 aliphatic heterocycles. The van der Waals surface area contributed by atoms with Crippen LogP contribution in [0.15, 0.2) is 91.1 Å². The molecular formula is C28H28N4O. The summed E-state index contributed by atoms with van der Waals surface area (Å²) in [6.07, 6.45) is 6.55. The molecule has 0 unspecified atom stereocenters. The summed E-state index contributed by atoms with van der Waals surface area (Å²) in [5.41, 5.74) is 4.75.